The molecule has 0 aliphatic carbocycles. The predicted octanol–water partition coefficient (Wildman–Crippen LogP) is 3.41. The molecule has 0 spiro atoms. The highest BCUT2D eigenvalue weighted by Gasteiger charge is 2.13. The monoisotopic (exact) mass is 269 g/mol. The van der Waals surface area contributed by atoms with Crippen LogP contribution in [0.15, 0.2) is 29.5 Å². The van der Waals surface area contributed by atoms with Crippen LogP contribution in [0.2, 0.25) is 0 Å². The zero-order valence-electron chi connectivity index (χ0n) is 8.91. The SMILES string of the molecule is C=CCc1c(Br)cncc1C(O)CCC. The van der Waals surface area contributed by atoms with Crippen molar-refractivity contribution in [3.05, 3.63) is 40.6 Å². The molecule has 1 N–H and O–H groups in total. The summed E-state index contributed by atoms with van der Waals surface area (Å²) in [4.78, 5) is 4.09. The van der Waals surface area contributed by atoms with E-state index in [-0.39, 0.29) is 0 Å². The zero-order chi connectivity index (χ0) is 11.3. The Morgan fingerprint density at radius 1 is 1.60 bits per heavy atom. The minimum Gasteiger partial charge on any atom is -0.388 e. The van der Waals surface area contributed by atoms with E-state index in [9.17, 15) is 5.11 Å². The van der Waals surface area contributed by atoms with E-state index in [1.54, 1.807) is 12.4 Å². The van der Waals surface area contributed by atoms with E-state index in [1.165, 1.54) is 0 Å². The fourth-order valence-corrected chi connectivity index (χ4v) is 2.06. The smallest absolute Gasteiger partial charge is 0.0808 e. The number of rotatable bonds is 5. The van der Waals surface area contributed by atoms with Crippen molar-refractivity contribution in [2.24, 2.45) is 0 Å². The number of allylic oxidation sites excluding steroid dienone is 1. The summed E-state index contributed by atoms with van der Waals surface area (Å²) in [6.07, 6.45) is 7.38. The van der Waals surface area contributed by atoms with E-state index in [4.69, 9.17) is 0 Å². The molecule has 0 bridgehead atoms. The van der Waals surface area contributed by atoms with Gasteiger partial charge in [-0.15, -0.1) is 6.58 Å². The summed E-state index contributed by atoms with van der Waals surface area (Å²) >= 11 is 3.45. The first-order valence-electron chi connectivity index (χ1n) is 5.12. The third-order valence-electron chi connectivity index (χ3n) is 2.31. The number of pyridine rings is 1. The van der Waals surface area contributed by atoms with Gasteiger partial charge in [0.05, 0.1) is 6.10 Å². The average molecular weight is 270 g/mol. The molecule has 1 unspecified atom stereocenters. The number of hydrogen-bond acceptors (Lipinski definition) is 2. The molecule has 1 aromatic rings. The maximum Gasteiger partial charge on any atom is 0.0808 e. The Hall–Kier alpha value is -0.670. The summed E-state index contributed by atoms with van der Waals surface area (Å²) in [5, 5.41) is 9.96. The molecule has 1 heterocycles. The number of aliphatic hydroxyl groups is 1. The van der Waals surface area contributed by atoms with Crippen molar-refractivity contribution < 1.29 is 5.11 Å². The lowest BCUT2D eigenvalue weighted by Gasteiger charge is -2.14. The topological polar surface area (TPSA) is 33.1 Å². The van der Waals surface area contributed by atoms with Crippen molar-refractivity contribution in [1.29, 1.82) is 0 Å². The Balaban J connectivity index is 3.04. The van der Waals surface area contributed by atoms with Gasteiger partial charge in [-0.2, -0.15) is 0 Å². The highest BCUT2D eigenvalue weighted by atomic mass is 79.9. The van der Waals surface area contributed by atoms with E-state index in [2.05, 4.69) is 34.4 Å². The number of aromatic nitrogens is 1. The molecule has 0 saturated heterocycles. The highest BCUT2D eigenvalue weighted by Crippen LogP contribution is 2.27. The van der Waals surface area contributed by atoms with Gasteiger partial charge in [0.25, 0.3) is 0 Å². The molecule has 0 saturated carbocycles. The number of halogens is 1. The van der Waals surface area contributed by atoms with Crippen LogP contribution in [-0.2, 0) is 6.42 Å². The molecule has 0 aliphatic heterocycles. The summed E-state index contributed by atoms with van der Waals surface area (Å²) in [6, 6.07) is 0. The van der Waals surface area contributed by atoms with Gasteiger partial charge in [-0.3, -0.25) is 4.98 Å². The van der Waals surface area contributed by atoms with Gasteiger partial charge >= 0.3 is 0 Å². The molecular formula is C12H16BrNO. The van der Waals surface area contributed by atoms with E-state index < -0.39 is 6.10 Å². The van der Waals surface area contributed by atoms with Crippen LogP contribution < -0.4 is 0 Å². The van der Waals surface area contributed by atoms with Crippen LogP contribution in [0.25, 0.3) is 0 Å². The molecule has 1 aromatic heterocycles. The highest BCUT2D eigenvalue weighted by molar-refractivity contribution is 9.10. The number of aliphatic hydroxyl groups excluding tert-OH is 1. The first kappa shape index (κ1) is 12.4. The van der Waals surface area contributed by atoms with Crippen LogP contribution in [0.1, 0.15) is 37.0 Å². The van der Waals surface area contributed by atoms with E-state index >= 15 is 0 Å². The van der Waals surface area contributed by atoms with Gasteiger partial charge < -0.3 is 5.11 Å². The number of hydrogen-bond donors (Lipinski definition) is 1. The maximum atomic E-state index is 9.96. The molecule has 82 valence electrons. The van der Waals surface area contributed by atoms with Gasteiger partial charge in [-0.1, -0.05) is 19.4 Å². The molecule has 0 fully saturated rings. The predicted molar refractivity (Wildman–Crippen MR) is 65.7 cm³/mol. The Kier molecular flexibility index (Phi) is 4.99. The zero-order valence-corrected chi connectivity index (χ0v) is 10.5. The lowest BCUT2D eigenvalue weighted by atomic mass is 10.00. The second-order valence-electron chi connectivity index (χ2n) is 3.49. The van der Waals surface area contributed by atoms with Crippen LogP contribution in [0.5, 0.6) is 0 Å². The molecule has 1 rings (SSSR count). The summed E-state index contributed by atoms with van der Waals surface area (Å²) in [7, 11) is 0. The Morgan fingerprint density at radius 2 is 2.33 bits per heavy atom. The molecule has 0 aliphatic rings. The minimum absolute atomic E-state index is 0.421. The van der Waals surface area contributed by atoms with Crippen molar-refractivity contribution >= 4 is 15.9 Å². The molecule has 0 radical (unpaired) electrons. The molecule has 1 atom stereocenters. The van der Waals surface area contributed by atoms with Crippen LogP contribution in [-0.4, -0.2) is 10.1 Å². The lowest BCUT2D eigenvalue weighted by Crippen LogP contribution is -2.03. The average Bonchev–Trinajstić information content (AvgIpc) is 2.21. The second-order valence-corrected chi connectivity index (χ2v) is 4.34. The first-order valence-corrected chi connectivity index (χ1v) is 5.91. The van der Waals surface area contributed by atoms with Gasteiger partial charge in [0, 0.05) is 22.4 Å². The van der Waals surface area contributed by atoms with Crippen molar-refractivity contribution in [2.45, 2.75) is 32.3 Å². The quantitative estimate of drug-likeness (QED) is 0.832. The second kappa shape index (κ2) is 6.03. The van der Waals surface area contributed by atoms with Crippen LogP contribution in [0.4, 0.5) is 0 Å². The van der Waals surface area contributed by atoms with Gasteiger partial charge in [0.15, 0.2) is 0 Å². The summed E-state index contributed by atoms with van der Waals surface area (Å²) in [6.45, 7) is 5.78. The van der Waals surface area contributed by atoms with E-state index in [0.29, 0.717) is 0 Å². The number of nitrogens with zero attached hydrogens (tertiary/aromatic N) is 1. The third-order valence-corrected chi connectivity index (χ3v) is 2.99. The van der Waals surface area contributed by atoms with E-state index in [1.807, 2.05) is 6.08 Å². The summed E-state index contributed by atoms with van der Waals surface area (Å²) < 4.78 is 0.940. The fraction of sp³-hybridized carbons (Fsp3) is 0.417. The Morgan fingerprint density at radius 3 is 2.93 bits per heavy atom. The van der Waals surface area contributed by atoms with Crippen LogP contribution in [0.3, 0.4) is 0 Å². The maximum absolute atomic E-state index is 9.96. The first-order chi connectivity index (χ1) is 7.20. The van der Waals surface area contributed by atoms with Crippen molar-refractivity contribution in [1.82, 2.24) is 4.98 Å². The summed E-state index contributed by atoms with van der Waals surface area (Å²) in [5.41, 5.74) is 1.99. The molecule has 3 heteroatoms. The molecule has 0 amide bonds. The standard InChI is InChI=1S/C12H16BrNO/c1-3-5-9-10(12(15)6-4-2)7-14-8-11(9)13/h3,7-8,12,15H,1,4-6H2,2H3. The largest absolute Gasteiger partial charge is 0.388 e. The molecule has 15 heavy (non-hydrogen) atoms. The summed E-state index contributed by atoms with van der Waals surface area (Å²) in [5.74, 6) is 0. The Bertz CT molecular complexity index is 338. The van der Waals surface area contributed by atoms with Crippen molar-refractivity contribution in [3.63, 3.8) is 0 Å². The van der Waals surface area contributed by atoms with Crippen LogP contribution in [0, 0.1) is 0 Å². The Labute approximate surface area is 99.2 Å². The lowest BCUT2D eigenvalue weighted by molar-refractivity contribution is 0.165. The molecular weight excluding hydrogens is 254 g/mol. The van der Waals surface area contributed by atoms with Gasteiger partial charge in [-0.05, 0) is 34.3 Å². The third kappa shape index (κ3) is 3.14. The normalized spacial score (nSPS) is 12.5. The minimum atomic E-state index is -0.421. The van der Waals surface area contributed by atoms with Gasteiger partial charge in [0.2, 0.25) is 0 Å². The van der Waals surface area contributed by atoms with Gasteiger partial charge in [0.1, 0.15) is 0 Å². The van der Waals surface area contributed by atoms with Gasteiger partial charge in [-0.25, -0.2) is 0 Å². The molecule has 0 aromatic carbocycles. The van der Waals surface area contributed by atoms with Crippen LogP contribution >= 0.6 is 15.9 Å². The fourth-order valence-electron chi connectivity index (χ4n) is 1.55. The van der Waals surface area contributed by atoms with E-state index in [0.717, 1.165) is 34.9 Å². The molecule has 2 nitrogen and oxygen atoms in total. The van der Waals surface area contributed by atoms with Crippen molar-refractivity contribution in [2.75, 3.05) is 0 Å². The van der Waals surface area contributed by atoms with Crippen molar-refractivity contribution in [3.8, 4) is 0 Å².